The highest BCUT2D eigenvalue weighted by Gasteiger charge is 2.37. The quantitative estimate of drug-likeness (QED) is 0.768. The molecule has 0 saturated heterocycles. The van der Waals surface area contributed by atoms with Crippen molar-refractivity contribution < 1.29 is 13.9 Å². The summed E-state index contributed by atoms with van der Waals surface area (Å²) >= 11 is 0. The number of aromatic nitrogens is 3. The van der Waals surface area contributed by atoms with Gasteiger partial charge in [0.05, 0.1) is 12.1 Å². The molecule has 3 heterocycles. The zero-order valence-corrected chi connectivity index (χ0v) is 14.8. The van der Waals surface area contributed by atoms with E-state index < -0.39 is 11.4 Å². The second-order valence-electron chi connectivity index (χ2n) is 6.83. The fourth-order valence-electron chi connectivity index (χ4n) is 3.46. The second kappa shape index (κ2) is 5.79. The van der Waals surface area contributed by atoms with Crippen LogP contribution in [0.15, 0.2) is 30.6 Å². The van der Waals surface area contributed by atoms with Crippen LogP contribution in [-0.2, 0) is 5.54 Å². The van der Waals surface area contributed by atoms with Gasteiger partial charge >= 0.3 is 0 Å². The van der Waals surface area contributed by atoms with E-state index >= 15 is 0 Å². The van der Waals surface area contributed by atoms with Gasteiger partial charge in [-0.1, -0.05) is 12.1 Å². The summed E-state index contributed by atoms with van der Waals surface area (Å²) in [6.45, 7) is 6.00. The molecule has 1 atom stereocenters. The lowest BCUT2D eigenvalue weighted by molar-refractivity contribution is 0.0867. The van der Waals surface area contributed by atoms with Gasteiger partial charge in [0, 0.05) is 23.4 Å². The summed E-state index contributed by atoms with van der Waals surface area (Å²) in [7, 11) is 0. The number of carbonyl (C=O) groups is 1. The number of nitrogens with zero attached hydrogens (tertiary/aromatic N) is 3. The molecular weight excluding hydrogens is 335 g/mol. The van der Waals surface area contributed by atoms with Crippen LogP contribution in [0.4, 0.5) is 4.39 Å². The molecule has 26 heavy (non-hydrogen) atoms. The third kappa shape index (κ3) is 2.51. The van der Waals surface area contributed by atoms with Crippen LogP contribution in [0.5, 0.6) is 5.75 Å². The van der Waals surface area contributed by atoms with Crippen LogP contribution in [0.3, 0.4) is 0 Å². The fourth-order valence-corrected chi connectivity index (χ4v) is 3.46. The predicted octanol–water partition coefficient (Wildman–Crippen LogP) is 2.91. The summed E-state index contributed by atoms with van der Waals surface area (Å²) in [5, 5.41) is 3.01. The SMILES string of the molecule is Cc1cc(C)n2cnc(C(=O)NC3(C)CCOc4c(F)cccc43)c2n1. The van der Waals surface area contributed by atoms with E-state index in [1.54, 1.807) is 22.9 Å². The van der Waals surface area contributed by atoms with E-state index in [1.807, 2.05) is 26.8 Å². The van der Waals surface area contributed by atoms with Gasteiger partial charge in [0.2, 0.25) is 0 Å². The van der Waals surface area contributed by atoms with Crippen LogP contribution in [0, 0.1) is 19.7 Å². The number of ether oxygens (including phenoxy) is 1. The molecule has 134 valence electrons. The highest BCUT2D eigenvalue weighted by molar-refractivity contribution is 5.98. The average molecular weight is 354 g/mol. The zero-order valence-electron chi connectivity index (χ0n) is 14.8. The Morgan fingerprint density at radius 2 is 2.19 bits per heavy atom. The number of hydrogen-bond acceptors (Lipinski definition) is 4. The molecule has 1 unspecified atom stereocenters. The Bertz CT molecular complexity index is 1030. The van der Waals surface area contributed by atoms with Crippen molar-refractivity contribution in [3.63, 3.8) is 0 Å². The Labute approximate surface area is 150 Å². The number of nitrogens with one attached hydrogen (secondary N) is 1. The molecule has 0 spiro atoms. The molecule has 1 N–H and O–H groups in total. The fraction of sp³-hybridized carbons (Fsp3) is 0.316. The van der Waals surface area contributed by atoms with Crippen molar-refractivity contribution in [2.24, 2.45) is 0 Å². The van der Waals surface area contributed by atoms with E-state index in [1.165, 1.54) is 6.07 Å². The van der Waals surface area contributed by atoms with Crippen molar-refractivity contribution >= 4 is 11.6 Å². The highest BCUT2D eigenvalue weighted by Crippen LogP contribution is 2.38. The van der Waals surface area contributed by atoms with Gasteiger partial charge in [0.15, 0.2) is 22.9 Å². The van der Waals surface area contributed by atoms with Crippen molar-refractivity contribution in [2.45, 2.75) is 32.7 Å². The summed E-state index contributed by atoms with van der Waals surface area (Å²) in [5.74, 6) is -0.575. The number of aryl methyl sites for hydroxylation is 2. The number of rotatable bonds is 2. The molecule has 2 aromatic heterocycles. The Kier molecular flexibility index (Phi) is 3.68. The second-order valence-corrected chi connectivity index (χ2v) is 6.83. The lowest BCUT2D eigenvalue weighted by Crippen LogP contribution is -2.47. The topological polar surface area (TPSA) is 68.5 Å². The third-order valence-electron chi connectivity index (χ3n) is 4.84. The molecule has 0 aliphatic carbocycles. The van der Waals surface area contributed by atoms with E-state index in [9.17, 15) is 9.18 Å². The van der Waals surface area contributed by atoms with Crippen molar-refractivity contribution in [3.8, 4) is 5.75 Å². The number of hydrogen-bond donors (Lipinski definition) is 1. The number of fused-ring (bicyclic) bond motifs is 2. The molecule has 3 aromatic rings. The summed E-state index contributed by atoms with van der Waals surface area (Å²) in [4.78, 5) is 21.6. The van der Waals surface area contributed by atoms with E-state index in [0.29, 0.717) is 24.2 Å². The third-order valence-corrected chi connectivity index (χ3v) is 4.84. The van der Waals surface area contributed by atoms with E-state index in [-0.39, 0.29) is 17.4 Å². The monoisotopic (exact) mass is 354 g/mol. The van der Waals surface area contributed by atoms with Crippen LogP contribution >= 0.6 is 0 Å². The molecule has 7 heteroatoms. The molecule has 1 aliphatic rings. The lowest BCUT2D eigenvalue weighted by atomic mass is 9.86. The van der Waals surface area contributed by atoms with Gasteiger partial charge in [-0.3, -0.25) is 9.20 Å². The first-order valence-corrected chi connectivity index (χ1v) is 8.45. The molecular formula is C19H19FN4O2. The van der Waals surface area contributed by atoms with Gasteiger partial charge in [-0.2, -0.15) is 0 Å². The van der Waals surface area contributed by atoms with Crippen molar-refractivity contribution in [3.05, 3.63) is 59.1 Å². The van der Waals surface area contributed by atoms with Gasteiger partial charge in [-0.05, 0) is 32.9 Å². The first-order valence-electron chi connectivity index (χ1n) is 8.45. The minimum Gasteiger partial charge on any atom is -0.490 e. The minimum atomic E-state index is -0.748. The number of carbonyl (C=O) groups excluding carboxylic acids is 1. The van der Waals surface area contributed by atoms with Gasteiger partial charge in [-0.15, -0.1) is 0 Å². The van der Waals surface area contributed by atoms with Crippen molar-refractivity contribution in [1.82, 2.24) is 19.7 Å². The molecule has 0 fully saturated rings. The Morgan fingerprint density at radius 1 is 1.38 bits per heavy atom. The standard InChI is InChI=1S/C19H19FN4O2/c1-11-9-12(2)24-10-21-15(17(24)22-11)18(25)23-19(3)7-8-26-16-13(19)5-4-6-14(16)20/h4-6,9-10H,7-8H2,1-3H3,(H,23,25). The molecule has 1 aliphatic heterocycles. The number of imidazole rings is 1. The molecule has 1 amide bonds. The minimum absolute atomic E-state index is 0.195. The van der Waals surface area contributed by atoms with Crippen molar-refractivity contribution in [1.29, 1.82) is 0 Å². The lowest BCUT2D eigenvalue weighted by Gasteiger charge is -2.36. The summed E-state index contributed by atoms with van der Waals surface area (Å²) < 4.78 is 21.3. The van der Waals surface area contributed by atoms with Crippen LogP contribution in [0.1, 0.15) is 40.8 Å². The average Bonchev–Trinajstić information content (AvgIpc) is 3.00. The molecule has 0 saturated carbocycles. The highest BCUT2D eigenvalue weighted by atomic mass is 19.1. The van der Waals surface area contributed by atoms with E-state index in [0.717, 1.165) is 11.4 Å². The van der Waals surface area contributed by atoms with Gasteiger partial charge in [-0.25, -0.2) is 14.4 Å². The van der Waals surface area contributed by atoms with Crippen LogP contribution in [-0.4, -0.2) is 26.9 Å². The number of benzene rings is 1. The maximum atomic E-state index is 14.1. The van der Waals surface area contributed by atoms with Crippen LogP contribution in [0.2, 0.25) is 0 Å². The molecule has 6 nitrogen and oxygen atoms in total. The molecule has 0 bridgehead atoms. The first-order chi connectivity index (χ1) is 12.4. The molecule has 4 rings (SSSR count). The van der Waals surface area contributed by atoms with Gasteiger partial charge < -0.3 is 10.1 Å². The maximum absolute atomic E-state index is 14.1. The number of amides is 1. The number of halogens is 1. The van der Waals surface area contributed by atoms with Crippen molar-refractivity contribution in [2.75, 3.05) is 6.61 Å². The smallest absolute Gasteiger partial charge is 0.274 e. The Balaban J connectivity index is 1.73. The maximum Gasteiger partial charge on any atom is 0.274 e. The van der Waals surface area contributed by atoms with Crippen LogP contribution < -0.4 is 10.1 Å². The van der Waals surface area contributed by atoms with Gasteiger partial charge in [0.25, 0.3) is 5.91 Å². The summed E-state index contributed by atoms with van der Waals surface area (Å²) in [5.41, 5.74) is 2.40. The molecule has 0 radical (unpaired) electrons. The van der Waals surface area contributed by atoms with E-state index in [2.05, 4.69) is 15.3 Å². The molecule has 1 aromatic carbocycles. The summed E-state index contributed by atoms with van der Waals surface area (Å²) in [6, 6.07) is 6.67. The normalized spacial score (nSPS) is 19.1. The van der Waals surface area contributed by atoms with Crippen LogP contribution in [0.25, 0.3) is 5.65 Å². The zero-order chi connectivity index (χ0) is 18.5. The van der Waals surface area contributed by atoms with E-state index in [4.69, 9.17) is 4.74 Å². The predicted molar refractivity (Wildman–Crippen MR) is 93.8 cm³/mol. The largest absolute Gasteiger partial charge is 0.490 e. The Hall–Kier alpha value is -2.96. The van der Waals surface area contributed by atoms with Gasteiger partial charge in [0.1, 0.15) is 6.33 Å². The summed E-state index contributed by atoms with van der Waals surface area (Å²) in [6.07, 6.45) is 2.12. The Morgan fingerprint density at radius 3 is 3.00 bits per heavy atom. The first kappa shape index (κ1) is 16.5. The number of para-hydroxylation sites is 1.